The molecule has 0 rings (SSSR count). The number of hydrogen-bond donors (Lipinski definition) is 0. The summed E-state index contributed by atoms with van der Waals surface area (Å²) in [6.45, 7) is 6.26. The minimum atomic E-state index is -2.24. The van der Waals surface area contributed by atoms with Gasteiger partial charge in [0.25, 0.3) is 0 Å². The highest BCUT2D eigenvalue weighted by molar-refractivity contribution is 7.57. The summed E-state index contributed by atoms with van der Waals surface area (Å²) >= 11 is 0. The van der Waals surface area contributed by atoms with Gasteiger partial charge in [-0.15, -0.1) is 0 Å². The van der Waals surface area contributed by atoms with Crippen LogP contribution < -0.4 is 0 Å². The molecule has 0 N–H and O–H groups in total. The molecule has 0 bridgehead atoms. The molecule has 92 valence electrons. The van der Waals surface area contributed by atoms with Gasteiger partial charge in [0, 0.05) is 13.3 Å². The molecule has 0 saturated carbocycles. The fourth-order valence-electron chi connectivity index (χ4n) is 1.52. The summed E-state index contributed by atoms with van der Waals surface area (Å²) in [7, 11) is -2.24. The Balaban J connectivity index is 3.02. The maximum absolute atomic E-state index is 11.2. The minimum absolute atomic E-state index is 0.666. The molecule has 0 heterocycles. The van der Waals surface area contributed by atoms with Gasteiger partial charge in [0.2, 0.25) is 0 Å². The first-order valence-corrected chi connectivity index (χ1v) is 8.77. The summed E-state index contributed by atoms with van der Waals surface area (Å²) in [6, 6.07) is 0. The third-order valence-corrected chi connectivity index (χ3v) is 3.20. The standard InChI is InChI=1S/C12H27O2P/c1-4-5-6-7-8-9-10-11-12-14-15(2,3)13/h4-12H2,1-3H3. The first-order valence-electron chi connectivity index (χ1n) is 6.26. The van der Waals surface area contributed by atoms with Crippen molar-refractivity contribution >= 4 is 7.37 Å². The molecule has 0 aromatic carbocycles. The Morgan fingerprint density at radius 3 is 1.80 bits per heavy atom. The third-order valence-electron chi connectivity index (χ3n) is 2.40. The lowest BCUT2D eigenvalue weighted by molar-refractivity contribution is 0.308. The average molecular weight is 234 g/mol. The van der Waals surface area contributed by atoms with Crippen molar-refractivity contribution in [1.29, 1.82) is 0 Å². The maximum Gasteiger partial charge on any atom is 0.197 e. The van der Waals surface area contributed by atoms with E-state index < -0.39 is 7.37 Å². The summed E-state index contributed by atoms with van der Waals surface area (Å²) in [5.74, 6) is 0. The lowest BCUT2D eigenvalue weighted by Crippen LogP contribution is -1.91. The molecule has 0 fully saturated rings. The zero-order valence-electron chi connectivity index (χ0n) is 10.6. The van der Waals surface area contributed by atoms with Crippen LogP contribution in [0.2, 0.25) is 0 Å². The molecule has 0 aliphatic rings. The van der Waals surface area contributed by atoms with Crippen LogP contribution in [0.25, 0.3) is 0 Å². The van der Waals surface area contributed by atoms with Crippen LogP contribution in [0.3, 0.4) is 0 Å². The van der Waals surface area contributed by atoms with Crippen molar-refractivity contribution in [3.05, 3.63) is 0 Å². The van der Waals surface area contributed by atoms with Gasteiger partial charge in [-0.2, -0.15) is 0 Å². The van der Waals surface area contributed by atoms with Gasteiger partial charge in [0.1, 0.15) is 0 Å². The summed E-state index contributed by atoms with van der Waals surface area (Å²) < 4.78 is 16.4. The molecule has 0 aromatic heterocycles. The normalized spacial score (nSPS) is 11.9. The number of unbranched alkanes of at least 4 members (excludes halogenated alkanes) is 7. The van der Waals surface area contributed by atoms with Crippen molar-refractivity contribution in [2.24, 2.45) is 0 Å². The van der Waals surface area contributed by atoms with E-state index in [1.165, 1.54) is 44.9 Å². The molecule has 0 saturated heterocycles. The topological polar surface area (TPSA) is 26.3 Å². The van der Waals surface area contributed by atoms with Crippen LogP contribution in [0.4, 0.5) is 0 Å². The Labute approximate surface area is 95.2 Å². The SMILES string of the molecule is CCCCCCCCCCOP(C)(C)=O. The van der Waals surface area contributed by atoms with Crippen LogP contribution >= 0.6 is 7.37 Å². The van der Waals surface area contributed by atoms with Crippen molar-refractivity contribution in [3.63, 3.8) is 0 Å². The van der Waals surface area contributed by atoms with Gasteiger partial charge in [-0.3, -0.25) is 4.57 Å². The summed E-state index contributed by atoms with van der Waals surface area (Å²) in [5, 5.41) is 0. The molecule has 0 aliphatic carbocycles. The maximum atomic E-state index is 11.2. The van der Waals surface area contributed by atoms with Crippen LogP contribution in [-0.4, -0.2) is 19.9 Å². The van der Waals surface area contributed by atoms with Crippen LogP contribution in [0, 0.1) is 0 Å². The highest BCUT2D eigenvalue weighted by Gasteiger charge is 2.05. The van der Waals surface area contributed by atoms with Gasteiger partial charge in [-0.1, -0.05) is 51.9 Å². The van der Waals surface area contributed by atoms with Gasteiger partial charge in [0.05, 0.1) is 6.61 Å². The Bertz CT molecular complexity index is 174. The lowest BCUT2D eigenvalue weighted by atomic mass is 10.1. The largest absolute Gasteiger partial charge is 0.329 e. The molecule has 0 unspecified atom stereocenters. The van der Waals surface area contributed by atoms with Crippen LogP contribution in [0.15, 0.2) is 0 Å². The molecule has 0 atom stereocenters. The zero-order chi connectivity index (χ0) is 11.6. The van der Waals surface area contributed by atoms with E-state index in [9.17, 15) is 4.57 Å². The highest BCUT2D eigenvalue weighted by atomic mass is 31.2. The van der Waals surface area contributed by atoms with Gasteiger partial charge in [-0.05, 0) is 6.42 Å². The van der Waals surface area contributed by atoms with Gasteiger partial charge >= 0.3 is 0 Å². The predicted octanol–water partition coefficient (Wildman–Crippen LogP) is 4.68. The smallest absolute Gasteiger partial charge is 0.197 e. The van der Waals surface area contributed by atoms with Gasteiger partial charge in [0.15, 0.2) is 7.37 Å². The van der Waals surface area contributed by atoms with E-state index in [1.807, 2.05) is 0 Å². The highest BCUT2D eigenvalue weighted by Crippen LogP contribution is 2.37. The van der Waals surface area contributed by atoms with E-state index in [-0.39, 0.29) is 0 Å². The molecule has 0 amide bonds. The van der Waals surface area contributed by atoms with Gasteiger partial charge < -0.3 is 4.52 Å². The van der Waals surface area contributed by atoms with E-state index in [4.69, 9.17) is 4.52 Å². The van der Waals surface area contributed by atoms with Gasteiger partial charge in [-0.25, -0.2) is 0 Å². The quantitative estimate of drug-likeness (QED) is 0.405. The second-order valence-corrected chi connectivity index (χ2v) is 7.32. The van der Waals surface area contributed by atoms with E-state index >= 15 is 0 Å². The van der Waals surface area contributed by atoms with E-state index in [1.54, 1.807) is 13.3 Å². The summed E-state index contributed by atoms with van der Waals surface area (Å²) in [5.41, 5.74) is 0. The van der Waals surface area contributed by atoms with Crippen molar-refractivity contribution in [1.82, 2.24) is 0 Å². The Kier molecular flexibility index (Phi) is 9.54. The first-order chi connectivity index (χ1) is 7.06. The van der Waals surface area contributed by atoms with Crippen LogP contribution in [-0.2, 0) is 9.09 Å². The Hall–Kier alpha value is 0.190. The van der Waals surface area contributed by atoms with Crippen molar-refractivity contribution in [3.8, 4) is 0 Å². The first kappa shape index (κ1) is 15.2. The predicted molar refractivity (Wildman–Crippen MR) is 68.0 cm³/mol. The molecule has 0 spiro atoms. The molecular formula is C12H27O2P. The van der Waals surface area contributed by atoms with Crippen LogP contribution in [0.5, 0.6) is 0 Å². The fourth-order valence-corrected chi connectivity index (χ4v) is 2.09. The molecule has 0 radical (unpaired) electrons. The molecule has 2 nitrogen and oxygen atoms in total. The number of rotatable bonds is 10. The van der Waals surface area contributed by atoms with E-state index in [0.29, 0.717) is 6.61 Å². The molecule has 3 heteroatoms. The second kappa shape index (κ2) is 9.42. The molecule has 0 aliphatic heterocycles. The molecule has 15 heavy (non-hydrogen) atoms. The summed E-state index contributed by atoms with van der Waals surface area (Å²) in [6.07, 6.45) is 10.3. The van der Waals surface area contributed by atoms with Crippen molar-refractivity contribution in [2.45, 2.75) is 58.3 Å². The number of hydrogen-bond acceptors (Lipinski definition) is 2. The zero-order valence-corrected chi connectivity index (χ0v) is 11.5. The molecule has 0 aromatic rings. The second-order valence-electron chi connectivity index (χ2n) is 4.56. The average Bonchev–Trinajstić information content (AvgIpc) is 2.14. The van der Waals surface area contributed by atoms with Crippen molar-refractivity contribution < 1.29 is 9.09 Å². The Morgan fingerprint density at radius 1 is 0.867 bits per heavy atom. The monoisotopic (exact) mass is 234 g/mol. The molecular weight excluding hydrogens is 207 g/mol. The van der Waals surface area contributed by atoms with E-state index in [0.717, 1.165) is 6.42 Å². The van der Waals surface area contributed by atoms with E-state index in [2.05, 4.69) is 6.92 Å². The van der Waals surface area contributed by atoms with Crippen LogP contribution in [0.1, 0.15) is 58.3 Å². The third kappa shape index (κ3) is 14.2. The Morgan fingerprint density at radius 2 is 1.33 bits per heavy atom. The summed E-state index contributed by atoms with van der Waals surface area (Å²) in [4.78, 5) is 0. The lowest BCUT2D eigenvalue weighted by Gasteiger charge is -2.07. The fraction of sp³-hybridized carbons (Fsp3) is 1.00. The van der Waals surface area contributed by atoms with Crippen molar-refractivity contribution in [2.75, 3.05) is 19.9 Å². The minimum Gasteiger partial charge on any atom is -0.329 e.